The highest BCUT2D eigenvalue weighted by Gasteiger charge is 2.36. The molecule has 0 aliphatic carbocycles. The van der Waals surface area contributed by atoms with Crippen molar-refractivity contribution in [2.45, 2.75) is 6.18 Å². The third-order valence-electron chi connectivity index (χ3n) is 4.48. The number of rotatable bonds is 2. The lowest BCUT2D eigenvalue weighted by atomic mass is 10.1. The SMILES string of the molecule is O=C(c1ccc(F)cc1F)N1CCN(C(=O)c2ccccc2C(F)(F)F)CC1. The summed E-state index contributed by atoms with van der Waals surface area (Å²) in [6.45, 7) is 0.0459. The lowest BCUT2D eigenvalue weighted by molar-refractivity contribution is -0.138. The Morgan fingerprint density at radius 1 is 0.786 bits per heavy atom. The van der Waals surface area contributed by atoms with E-state index >= 15 is 0 Å². The fraction of sp³-hybridized carbons (Fsp3) is 0.263. The molecule has 1 saturated heterocycles. The lowest BCUT2D eigenvalue weighted by Gasteiger charge is -2.35. The van der Waals surface area contributed by atoms with Crippen LogP contribution in [0.25, 0.3) is 0 Å². The van der Waals surface area contributed by atoms with Crippen LogP contribution in [0.5, 0.6) is 0 Å². The standard InChI is InChI=1S/C19H15F5N2O2/c20-12-5-6-14(16(21)11-12)18(28)26-9-7-25(8-10-26)17(27)13-3-1-2-4-15(13)19(22,23)24/h1-6,11H,7-10H2. The van der Waals surface area contributed by atoms with Crippen LogP contribution in [0.4, 0.5) is 22.0 Å². The molecule has 1 fully saturated rings. The highest BCUT2D eigenvalue weighted by molar-refractivity contribution is 5.97. The van der Waals surface area contributed by atoms with Crippen LogP contribution in [-0.2, 0) is 6.18 Å². The first-order valence-corrected chi connectivity index (χ1v) is 8.38. The second kappa shape index (κ2) is 7.57. The number of carbonyl (C=O) groups is 2. The largest absolute Gasteiger partial charge is 0.417 e. The Bertz CT molecular complexity index is 905. The fourth-order valence-electron chi connectivity index (χ4n) is 3.03. The molecule has 1 aliphatic heterocycles. The molecular formula is C19H15F5N2O2. The van der Waals surface area contributed by atoms with E-state index < -0.39 is 40.8 Å². The number of benzene rings is 2. The predicted octanol–water partition coefficient (Wildman–Crippen LogP) is 3.58. The third kappa shape index (κ3) is 3.97. The third-order valence-corrected chi connectivity index (χ3v) is 4.48. The van der Waals surface area contributed by atoms with E-state index in [4.69, 9.17) is 0 Å². The number of nitrogens with zero attached hydrogens (tertiary/aromatic N) is 2. The Labute approximate surface area is 157 Å². The van der Waals surface area contributed by atoms with Crippen molar-refractivity contribution in [2.24, 2.45) is 0 Å². The van der Waals surface area contributed by atoms with Gasteiger partial charge in [-0.3, -0.25) is 9.59 Å². The smallest absolute Gasteiger partial charge is 0.335 e. The van der Waals surface area contributed by atoms with Crippen molar-refractivity contribution >= 4 is 11.8 Å². The van der Waals surface area contributed by atoms with Crippen LogP contribution >= 0.6 is 0 Å². The van der Waals surface area contributed by atoms with Crippen LogP contribution in [-0.4, -0.2) is 47.8 Å². The molecule has 148 valence electrons. The number of amides is 2. The summed E-state index contributed by atoms with van der Waals surface area (Å²) >= 11 is 0. The molecule has 9 heteroatoms. The Morgan fingerprint density at radius 2 is 1.32 bits per heavy atom. The molecule has 0 N–H and O–H groups in total. The van der Waals surface area contributed by atoms with Crippen LogP contribution in [0.1, 0.15) is 26.3 Å². The van der Waals surface area contributed by atoms with Gasteiger partial charge in [0.15, 0.2) is 0 Å². The van der Waals surface area contributed by atoms with E-state index in [2.05, 4.69) is 0 Å². The average molecular weight is 398 g/mol. The van der Waals surface area contributed by atoms with Crippen molar-refractivity contribution < 1.29 is 31.5 Å². The number of hydrogen-bond acceptors (Lipinski definition) is 2. The van der Waals surface area contributed by atoms with Gasteiger partial charge in [-0.15, -0.1) is 0 Å². The van der Waals surface area contributed by atoms with Crippen LogP contribution in [0, 0.1) is 11.6 Å². The van der Waals surface area contributed by atoms with Crippen molar-refractivity contribution in [2.75, 3.05) is 26.2 Å². The van der Waals surface area contributed by atoms with Crippen molar-refractivity contribution in [1.29, 1.82) is 0 Å². The van der Waals surface area contributed by atoms with Gasteiger partial charge in [-0.1, -0.05) is 12.1 Å². The first kappa shape index (κ1) is 19.8. The topological polar surface area (TPSA) is 40.6 Å². The molecule has 2 aromatic carbocycles. The number of hydrogen-bond donors (Lipinski definition) is 0. The summed E-state index contributed by atoms with van der Waals surface area (Å²) in [6, 6.07) is 7.09. The normalized spacial score (nSPS) is 14.9. The minimum Gasteiger partial charge on any atom is -0.335 e. The first-order valence-electron chi connectivity index (χ1n) is 8.38. The molecule has 3 rings (SSSR count). The van der Waals surface area contributed by atoms with Crippen molar-refractivity contribution in [3.05, 3.63) is 70.8 Å². The van der Waals surface area contributed by atoms with Gasteiger partial charge in [-0.25, -0.2) is 8.78 Å². The molecule has 1 aliphatic rings. The second-order valence-corrected chi connectivity index (χ2v) is 6.25. The average Bonchev–Trinajstić information content (AvgIpc) is 2.66. The molecule has 1 heterocycles. The molecule has 0 atom stereocenters. The molecule has 0 bridgehead atoms. The second-order valence-electron chi connectivity index (χ2n) is 6.25. The maximum Gasteiger partial charge on any atom is 0.417 e. The van der Waals surface area contributed by atoms with Crippen molar-refractivity contribution in [1.82, 2.24) is 9.80 Å². The number of halogens is 5. The van der Waals surface area contributed by atoms with Crippen LogP contribution in [0.2, 0.25) is 0 Å². The van der Waals surface area contributed by atoms with Crippen LogP contribution in [0.15, 0.2) is 42.5 Å². The van der Waals surface area contributed by atoms with E-state index in [9.17, 15) is 31.5 Å². The van der Waals surface area contributed by atoms with Crippen LogP contribution < -0.4 is 0 Å². The predicted molar refractivity (Wildman–Crippen MR) is 89.6 cm³/mol. The van der Waals surface area contributed by atoms with Gasteiger partial charge in [0, 0.05) is 32.2 Å². The van der Waals surface area contributed by atoms with E-state index in [0.717, 1.165) is 24.3 Å². The highest BCUT2D eigenvalue weighted by Crippen LogP contribution is 2.32. The van der Waals surface area contributed by atoms with Gasteiger partial charge in [0.1, 0.15) is 11.6 Å². The zero-order valence-corrected chi connectivity index (χ0v) is 14.5. The molecular weight excluding hydrogens is 383 g/mol. The van der Waals surface area contributed by atoms with Gasteiger partial charge in [-0.2, -0.15) is 13.2 Å². The van der Waals surface area contributed by atoms with Gasteiger partial charge >= 0.3 is 6.18 Å². The number of piperazine rings is 1. The first-order chi connectivity index (χ1) is 13.2. The Balaban J connectivity index is 1.71. The van der Waals surface area contributed by atoms with Crippen LogP contribution in [0.3, 0.4) is 0 Å². The Kier molecular flexibility index (Phi) is 5.35. The molecule has 0 spiro atoms. The zero-order chi connectivity index (χ0) is 20.5. The molecule has 0 saturated carbocycles. The molecule has 0 aromatic heterocycles. The number of alkyl halides is 3. The fourth-order valence-corrected chi connectivity index (χ4v) is 3.03. The summed E-state index contributed by atoms with van der Waals surface area (Å²) in [5, 5.41) is 0. The molecule has 2 aromatic rings. The summed E-state index contributed by atoms with van der Waals surface area (Å²) in [5.74, 6) is -3.26. The van der Waals surface area contributed by atoms with Gasteiger partial charge < -0.3 is 9.80 Å². The van der Waals surface area contributed by atoms with Gasteiger partial charge in [0.25, 0.3) is 11.8 Å². The van der Waals surface area contributed by atoms with E-state index in [0.29, 0.717) is 6.07 Å². The quantitative estimate of drug-likeness (QED) is 0.726. The van der Waals surface area contributed by atoms with Gasteiger partial charge in [0.05, 0.1) is 16.7 Å². The summed E-state index contributed by atoms with van der Waals surface area (Å²) in [4.78, 5) is 27.4. The molecule has 2 amide bonds. The van der Waals surface area contributed by atoms with Gasteiger partial charge in [-0.05, 0) is 24.3 Å². The lowest BCUT2D eigenvalue weighted by Crippen LogP contribution is -2.51. The Hall–Kier alpha value is -2.97. The summed E-state index contributed by atoms with van der Waals surface area (Å²) < 4.78 is 66.1. The molecule has 0 unspecified atom stereocenters. The molecule has 0 radical (unpaired) electrons. The van der Waals surface area contributed by atoms with E-state index in [1.54, 1.807) is 0 Å². The number of carbonyl (C=O) groups excluding carboxylic acids is 2. The maximum atomic E-state index is 13.8. The van der Waals surface area contributed by atoms with E-state index in [1.807, 2.05) is 0 Å². The Morgan fingerprint density at radius 3 is 1.86 bits per heavy atom. The highest BCUT2D eigenvalue weighted by atomic mass is 19.4. The minimum absolute atomic E-state index is 0.000418. The minimum atomic E-state index is -4.66. The summed E-state index contributed by atoms with van der Waals surface area (Å²) in [6.07, 6.45) is -4.66. The van der Waals surface area contributed by atoms with Crippen molar-refractivity contribution in [3.63, 3.8) is 0 Å². The monoisotopic (exact) mass is 398 g/mol. The van der Waals surface area contributed by atoms with E-state index in [1.165, 1.54) is 21.9 Å². The van der Waals surface area contributed by atoms with E-state index in [-0.39, 0.29) is 31.7 Å². The molecule has 28 heavy (non-hydrogen) atoms. The summed E-state index contributed by atoms with van der Waals surface area (Å²) in [5.41, 5.74) is -1.78. The van der Waals surface area contributed by atoms with Crippen molar-refractivity contribution in [3.8, 4) is 0 Å². The maximum absolute atomic E-state index is 13.8. The summed E-state index contributed by atoms with van der Waals surface area (Å²) in [7, 11) is 0. The zero-order valence-electron chi connectivity index (χ0n) is 14.5. The molecule has 4 nitrogen and oxygen atoms in total. The van der Waals surface area contributed by atoms with Gasteiger partial charge in [0.2, 0.25) is 0 Å².